The Balaban J connectivity index is 2.31. The third kappa shape index (κ3) is 2.08. The molecule has 1 aromatic rings. The summed E-state index contributed by atoms with van der Waals surface area (Å²) >= 11 is 6.68. The normalized spacial score (nSPS) is 18.6. The largest absolute Gasteiger partial charge is 0.298 e. The highest BCUT2D eigenvalue weighted by Gasteiger charge is 2.32. The van der Waals surface area contributed by atoms with E-state index in [0.29, 0.717) is 10.8 Å². The van der Waals surface area contributed by atoms with Crippen LogP contribution in [0.3, 0.4) is 0 Å². The van der Waals surface area contributed by atoms with Gasteiger partial charge in [0.15, 0.2) is 0 Å². The third-order valence-corrected chi connectivity index (χ3v) is 5.68. The molecule has 4 nitrogen and oxygen atoms in total. The summed E-state index contributed by atoms with van der Waals surface area (Å²) in [6.07, 6.45) is 0.304. The van der Waals surface area contributed by atoms with Gasteiger partial charge in [0.05, 0.1) is 10.9 Å². The summed E-state index contributed by atoms with van der Waals surface area (Å²) in [4.78, 5) is 11.0. The van der Waals surface area contributed by atoms with Crippen LogP contribution in [0.4, 0.5) is 0 Å². The highest BCUT2D eigenvalue weighted by atomic mass is 35.5. The minimum Gasteiger partial charge on any atom is -0.298 e. The molecule has 82 valence electrons. The summed E-state index contributed by atoms with van der Waals surface area (Å²) in [5, 5.41) is 0. The lowest BCUT2D eigenvalue weighted by molar-refractivity contribution is -0.116. The monoisotopic (exact) mass is 265 g/mol. The van der Waals surface area contributed by atoms with E-state index in [-0.39, 0.29) is 23.1 Å². The second-order valence-electron chi connectivity index (χ2n) is 3.19. The molecule has 0 bridgehead atoms. The van der Waals surface area contributed by atoms with Crippen LogP contribution in [0.1, 0.15) is 6.42 Å². The van der Waals surface area contributed by atoms with Crippen molar-refractivity contribution >= 4 is 38.7 Å². The van der Waals surface area contributed by atoms with E-state index in [2.05, 4.69) is 0 Å². The quantitative estimate of drug-likeness (QED) is 0.811. The Labute approximate surface area is 96.5 Å². The van der Waals surface area contributed by atoms with Gasteiger partial charge in [0, 0.05) is 13.0 Å². The van der Waals surface area contributed by atoms with E-state index in [1.807, 2.05) is 0 Å². The van der Waals surface area contributed by atoms with Crippen molar-refractivity contribution in [1.82, 2.24) is 4.31 Å². The maximum atomic E-state index is 11.9. The van der Waals surface area contributed by atoms with Gasteiger partial charge >= 0.3 is 0 Å². The number of Topliss-reactive ketones (excluding diaryl/α,β-unsaturated/α-hetero) is 1. The Kier molecular flexibility index (Phi) is 2.85. The summed E-state index contributed by atoms with van der Waals surface area (Å²) in [6.45, 7) is 0.258. The standard InChI is InChI=1S/C8H8ClNO3S2/c9-7-1-2-8(14-7)15(12,13)10-4-3-6(11)5-10/h1-2H,3-5H2. The number of hydrogen-bond donors (Lipinski definition) is 0. The molecule has 1 fully saturated rings. The summed E-state index contributed by atoms with van der Waals surface area (Å²) in [6, 6.07) is 3.00. The van der Waals surface area contributed by atoms with Crippen molar-refractivity contribution in [3.8, 4) is 0 Å². The number of ketones is 1. The zero-order chi connectivity index (χ0) is 11.1. The van der Waals surface area contributed by atoms with Crippen LogP contribution in [-0.2, 0) is 14.8 Å². The molecule has 1 aliphatic heterocycles. The smallest absolute Gasteiger partial charge is 0.253 e. The Morgan fingerprint density at radius 3 is 2.60 bits per heavy atom. The average Bonchev–Trinajstić information content (AvgIpc) is 2.74. The lowest BCUT2D eigenvalue weighted by atomic mass is 10.4. The summed E-state index contributed by atoms with van der Waals surface area (Å²) in [5.41, 5.74) is 0. The number of rotatable bonds is 2. The molecule has 1 aliphatic rings. The molecule has 0 saturated carbocycles. The molecule has 0 aliphatic carbocycles. The van der Waals surface area contributed by atoms with Crippen molar-refractivity contribution < 1.29 is 13.2 Å². The lowest BCUT2D eigenvalue weighted by Gasteiger charge is -2.12. The molecular formula is C8H8ClNO3S2. The molecule has 0 N–H and O–H groups in total. The second-order valence-corrected chi connectivity index (χ2v) is 7.07. The van der Waals surface area contributed by atoms with E-state index in [9.17, 15) is 13.2 Å². The third-order valence-electron chi connectivity index (χ3n) is 2.14. The van der Waals surface area contributed by atoms with Crippen molar-refractivity contribution in [2.45, 2.75) is 10.6 Å². The zero-order valence-corrected chi connectivity index (χ0v) is 10.0. The van der Waals surface area contributed by atoms with Crippen LogP contribution in [0.5, 0.6) is 0 Å². The van der Waals surface area contributed by atoms with Crippen LogP contribution in [0.2, 0.25) is 4.34 Å². The summed E-state index contributed by atoms with van der Waals surface area (Å²) in [5.74, 6) is -0.0405. The van der Waals surface area contributed by atoms with Gasteiger partial charge in [-0.1, -0.05) is 11.6 Å². The Bertz CT molecular complexity index is 494. The van der Waals surface area contributed by atoms with Gasteiger partial charge in [0.2, 0.25) is 0 Å². The van der Waals surface area contributed by atoms with Gasteiger partial charge in [-0.3, -0.25) is 4.79 Å². The van der Waals surface area contributed by atoms with Crippen LogP contribution in [0.25, 0.3) is 0 Å². The van der Waals surface area contributed by atoms with E-state index in [1.165, 1.54) is 16.4 Å². The molecule has 2 heterocycles. The molecular weight excluding hydrogens is 258 g/mol. The molecule has 0 amide bonds. The van der Waals surface area contributed by atoms with Gasteiger partial charge in [0.1, 0.15) is 9.99 Å². The summed E-state index contributed by atoms with van der Waals surface area (Å²) in [7, 11) is -3.50. The number of nitrogens with zero attached hydrogens (tertiary/aromatic N) is 1. The fraction of sp³-hybridized carbons (Fsp3) is 0.375. The second kappa shape index (κ2) is 3.86. The molecule has 0 atom stereocenters. The number of hydrogen-bond acceptors (Lipinski definition) is 4. The van der Waals surface area contributed by atoms with Gasteiger partial charge in [-0.2, -0.15) is 4.31 Å². The van der Waals surface area contributed by atoms with Crippen molar-refractivity contribution in [2.24, 2.45) is 0 Å². The van der Waals surface area contributed by atoms with Gasteiger partial charge in [-0.25, -0.2) is 8.42 Å². The predicted molar refractivity (Wildman–Crippen MR) is 57.7 cm³/mol. The molecule has 0 unspecified atom stereocenters. The summed E-state index contributed by atoms with van der Waals surface area (Å²) < 4.78 is 25.7. The van der Waals surface area contributed by atoms with Crippen molar-refractivity contribution in [3.05, 3.63) is 16.5 Å². The Morgan fingerprint density at radius 2 is 2.13 bits per heavy atom. The first-order valence-electron chi connectivity index (χ1n) is 4.27. The minimum atomic E-state index is -3.50. The van der Waals surface area contributed by atoms with E-state index < -0.39 is 10.0 Å². The van der Waals surface area contributed by atoms with E-state index in [0.717, 1.165) is 11.3 Å². The average molecular weight is 266 g/mol. The first-order chi connectivity index (χ1) is 7.00. The minimum absolute atomic E-state index is 0.0160. The molecule has 1 saturated heterocycles. The molecule has 0 aromatic carbocycles. The SMILES string of the molecule is O=C1CCN(S(=O)(=O)c2ccc(Cl)s2)C1. The van der Waals surface area contributed by atoms with E-state index in [4.69, 9.17) is 11.6 Å². The Morgan fingerprint density at radius 1 is 1.40 bits per heavy atom. The predicted octanol–water partition coefficient (Wildman–Crippen LogP) is 1.37. The highest BCUT2D eigenvalue weighted by molar-refractivity contribution is 7.91. The molecule has 0 spiro atoms. The Hall–Kier alpha value is -0.430. The number of carbonyl (C=O) groups is 1. The van der Waals surface area contributed by atoms with E-state index >= 15 is 0 Å². The first kappa shape index (κ1) is 11.1. The highest BCUT2D eigenvalue weighted by Crippen LogP contribution is 2.29. The number of carbonyl (C=O) groups excluding carboxylic acids is 1. The van der Waals surface area contributed by atoms with Crippen LogP contribution < -0.4 is 0 Å². The van der Waals surface area contributed by atoms with Crippen molar-refractivity contribution in [2.75, 3.05) is 13.1 Å². The molecule has 2 rings (SSSR count). The fourth-order valence-corrected chi connectivity index (χ4v) is 4.43. The fourth-order valence-electron chi connectivity index (χ4n) is 1.37. The number of thiophene rings is 1. The number of halogens is 1. The first-order valence-corrected chi connectivity index (χ1v) is 6.91. The van der Waals surface area contributed by atoms with Crippen LogP contribution in [-0.4, -0.2) is 31.6 Å². The molecule has 7 heteroatoms. The van der Waals surface area contributed by atoms with Gasteiger partial charge in [0.25, 0.3) is 10.0 Å². The topological polar surface area (TPSA) is 54.5 Å². The molecule has 0 radical (unpaired) electrons. The number of sulfonamides is 1. The van der Waals surface area contributed by atoms with Crippen LogP contribution in [0.15, 0.2) is 16.3 Å². The molecule has 1 aromatic heterocycles. The van der Waals surface area contributed by atoms with Crippen molar-refractivity contribution in [1.29, 1.82) is 0 Å². The lowest BCUT2D eigenvalue weighted by Crippen LogP contribution is -2.28. The zero-order valence-electron chi connectivity index (χ0n) is 7.64. The van der Waals surface area contributed by atoms with Crippen LogP contribution >= 0.6 is 22.9 Å². The van der Waals surface area contributed by atoms with Gasteiger partial charge in [-0.05, 0) is 12.1 Å². The maximum Gasteiger partial charge on any atom is 0.253 e. The maximum absolute atomic E-state index is 11.9. The van der Waals surface area contributed by atoms with Gasteiger partial charge in [-0.15, -0.1) is 11.3 Å². The van der Waals surface area contributed by atoms with Gasteiger partial charge < -0.3 is 0 Å². The molecule has 15 heavy (non-hydrogen) atoms. The van der Waals surface area contributed by atoms with Crippen LogP contribution in [0, 0.1) is 0 Å². The van der Waals surface area contributed by atoms with Crippen molar-refractivity contribution in [3.63, 3.8) is 0 Å². The van der Waals surface area contributed by atoms with E-state index in [1.54, 1.807) is 0 Å².